The number of ether oxygens (including phenoxy) is 2. The Labute approximate surface area is 402 Å². The van der Waals surface area contributed by atoms with Crippen LogP contribution in [0.2, 0.25) is 0 Å². The number of anilines is 2. The largest absolute Gasteiger partial charge is 0.478 e. The van der Waals surface area contributed by atoms with E-state index in [4.69, 9.17) is 9.47 Å². The molecule has 5 aromatic rings. The minimum Gasteiger partial charge on any atom is -0.478 e. The Morgan fingerprint density at radius 3 is 2.49 bits per heavy atom. The number of nitrogens with zero attached hydrogens (tertiary/aromatic N) is 6. The molecule has 2 saturated carbocycles. The predicted octanol–water partition coefficient (Wildman–Crippen LogP) is 8.14. The number of carbonyl (C=O) groups is 1. The smallest absolute Gasteiger partial charge is 0.312 e. The molecular weight excluding hydrogens is 906 g/mol. The zero-order chi connectivity index (χ0) is 48.8. The van der Waals surface area contributed by atoms with Crippen molar-refractivity contribution in [2.24, 2.45) is 11.3 Å². The number of aliphatic hydroxyl groups is 1. The summed E-state index contributed by atoms with van der Waals surface area (Å²) in [6, 6.07) is 16.8. The van der Waals surface area contributed by atoms with Gasteiger partial charge in [0.1, 0.15) is 22.1 Å². The molecule has 0 bridgehead atoms. The molecule has 5 heterocycles. The van der Waals surface area contributed by atoms with E-state index in [1.54, 1.807) is 19.1 Å². The number of fused-ring (bicyclic) bond motifs is 1. The van der Waals surface area contributed by atoms with Gasteiger partial charge in [-0.3, -0.25) is 19.8 Å². The number of piperidine rings is 1. The number of nitrogens with one attached hydrogen (secondary N) is 3. The summed E-state index contributed by atoms with van der Waals surface area (Å²) in [6.45, 7) is 11.2. The van der Waals surface area contributed by atoms with Crippen molar-refractivity contribution in [2.75, 3.05) is 63.6 Å². The van der Waals surface area contributed by atoms with Gasteiger partial charge in [-0.1, -0.05) is 38.1 Å². The molecule has 3 aromatic heterocycles. The van der Waals surface area contributed by atoms with Crippen molar-refractivity contribution < 1.29 is 37.1 Å². The predicted molar refractivity (Wildman–Crippen MR) is 260 cm³/mol. The molecule has 2 aliphatic heterocycles. The summed E-state index contributed by atoms with van der Waals surface area (Å²) in [5, 5.41) is 25.6. The molecule has 9 rings (SSSR count). The van der Waals surface area contributed by atoms with Crippen LogP contribution in [0.4, 0.5) is 21.6 Å². The monoisotopic (exact) mass is 967 g/mol. The van der Waals surface area contributed by atoms with Gasteiger partial charge in [-0.05, 0) is 106 Å². The number of rotatable bonds is 14. The minimum absolute atomic E-state index is 0.00842. The molecule has 4 fully saturated rings. The van der Waals surface area contributed by atoms with Crippen LogP contribution in [0.25, 0.3) is 11.0 Å². The van der Waals surface area contributed by atoms with Gasteiger partial charge in [0.05, 0.1) is 34.8 Å². The van der Waals surface area contributed by atoms with Crippen LogP contribution in [0.15, 0.2) is 71.9 Å². The molecular formula is C50H62FN9O8S. The summed E-state index contributed by atoms with van der Waals surface area (Å²) in [5.41, 5.74) is 2.51. The summed E-state index contributed by atoms with van der Waals surface area (Å²) >= 11 is 0. The summed E-state index contributed by atoms with van der Waals surface area (Å²) in [6.07, 6.45) is 8.93. The number of H-pyrrole nitrogens is 1. The van der Waals surface area contributed by atoms with Crippen molar-refractivity contribution in [3.05, 3.63) is 99.6 Å². The van der Waals surface area contributed by atoms with Gasteiger partial charge < -0.3 is 34.7 Å². The highest BCUT2D eigenvalue weighted by Crippen LogP contribution is 2.53. The van der Waals surface area contributed by atoms with E-state index in [-0.39, 0.29) is 51.1 Å². The molecule has 1 spiro atoms. The van der Waals surface area contributed by atoms with Crippen LogP contribution in [-0.2, 0) is 10.0 Å². The van der Waals surface area contributed by atoms with Crippen LogP contribution in [-0.4, -0.2) is 114 Å². The molecule has 17 nitrogen and oxygen atoms in total. The van der Waals surface area contributed by atoms with Crippen LogP contribution in [0.1, 0.15) is 106 Å². The molecule has 2 aromatic carbocycles. The zero-order valence-electron chi connectivity index (χ0n) is 39.8. The molecule has 2 aliphatic carbocycles. The molecule has 0 unspecified atom stereocenters. The highest BCUT2D eigenvalue weighted by Gasteiger charge is 2.50. The summed E-state index contributed by atoms with van der Waals surface area (Å²) < 4.78 is 56.3. The number of benzene rings is 2. The van der Waals surface area contributed by atoms with Crippen molar-refractivity contribution in [1.29, 1.82) is 0 Å². The maximum Gasteiger partial charge on any atom is 0.312 e. The van der Waals surface area contributed by atoms with E-state index in [0.717, 1.165) is 82.6 Å². The van der Waals surface area contributed by atoms with Crippen LogP contribution in [0.5, 0.6) is 17.4 Å². The third-order valence-electron chi connectivity index (χ3n) is 15.1. The first-order chi connectivity index (χ1) is 32.9. The number of sulfonamides is 1. The Kier molecular flexibility index (Phi) is 13.3. The van der Waals surface area contributed by atoms with Gasteiger partial charge >= 0.3 is 5.69 Å². The standard InChI is InChI=1S/C50H62FN9O8S/c1-31(2)36-8-6-7-9-37(36)42-30-57(4)20-21-59(42)34-25-50(26-34)16-18-58(19-17-50)33-10-11-38(43(22-33)68-44-24-39-40(51)29-54-45(39)55-48(44)67-5)47(61)56-69(65,66)35-23-41(60(63)64)46(53-28-35)52-27-32-12-14-49(3,62)15-13-32/h6-11,22-24,28-29,31-32,34,42,62H,12-21,25-27,30H2,1-5H3,(H,52,53)(H,54,55)(H,56,61)/t32?,42-,49?/m0/s1. The zero-order valence-corrected chi connectivity index (χ0v) is 40.7. The average molecular weight is 968 g/mol. The highest BCUT2D eigenvalue weighted by molar-refractivity contribution is 7.90. The molecule has 368 valence electrons. The molecule has 19 heteroatoms. The van der Waals surface area contributed by atoms with Gasteiger partial charge in [-0.2, -0.15) is 4.98 Å². The topological polar surface area (TPSA) is 208 Å². The number of likely N-dealkylation sites (N-methyl/N-ethyl adjacent to an activating group) is 1. The summed E-state index contributed by atoms with van der Waals surface area (Å²) in [5.74, 6) is -1.27. The number of pyridine rings is 2. The van der Waals surface area contributed by atoms with E-state index in [0.29, 0.717) is 50.2 Å². The fourth-order valence-electron chi connectivity index (χ4n) is 10.9. The van der Waals surface area contributed by atoms with E-state index in [1.807, 2.05) is 0 Å². The Hall–Kier alpha value is -5.89. The lowest BCUT2D eigenvalue weighted by atomic mass is 9.59. The molecule has 1 amide bonds. The molecule has 4 N–H and O–H groups in total. The maximum absolute atomic E-state index is 14.8. The first-order valence-corrected chi connectivity index (χ1v) is 25.4. The first-order valence-electron chi connectivity index (χ1n) is 23.9. The number of hydrogen-bond donors (Lipinski definition) is 4. The van der Waals surface area contributed by atoms with Crippen molar-refractivity contribution in [1.82, 2.24) is 29.5 Å². The lowest BCUT2D eigenvalue weighted by Gasteiger charge is -2.58. The highest BCUT2D eigenvalue weighted by atomic mass is 32.2. The number of hydrogen-bond acceptors (Lipinski definition) is 14. The van der Waals surface area contributed by atoms with Crippen LogP contribution in [0.3, 0.4) is 0 Å². The SMILES string of the molecule is COc1nc2[nH]cc(F)c2cc1Oc1cc(N2CCC3(CC2)CC(N2CCN(C)C[C@H]2c2ccccc2C(C)C)C3)ccc1C(=O)NS(=O)(=O)c1cnc(NCC2CCC(C)(O)CC2)c([N+](=O)[O-])c1. The van der Waals surface area contributed by atoms with Crippen LogP contribution < -0.4 is 24.4 Å². The second kappa shape index (κ2) is 19.1. The second-order valence-corrected chi connectivity index (χ2v) is 21.9. The Morgan fingerprint density at radius 2 is 1.78 bits per heavy atom. The number of amides is 1. The normalized spacial score (nSPS) is 22.4. The van der Waals surface area contributed by atoms with Crippen LogP contribution >= 0.6 is 0 Å². The number of aromatic amines is 1. The molecule has 2 saturated heterocycles. The fraction of sp³-hybridized carbons (Fsp3) is 0.500. The van der Waals surface area contributed by atoms with E-state index in [1.165, 1.54) is 30.4 Å². The van der Waals surface area contributed by atoms with E-state index in [9.17, 15) is 32.8 Å². The number of piperazine rings is 1. The third-order valence-corrected chi connectivity index (χ3v) is 16.4. The molecule has 69 heavy (non-hydrogen) atoms. The fourth-order valence-corrected chi connectivity index (χ4v) is 11.9. The van der Waals surface area contributed by atoms with Gasteiger partial charge in [0.2, 0.25) is 5.82 Å². The van der Waals surface area contributed by atoms with Crippen molar-refractivity contribution in [3.63, 3.8) is 0 Å². The summed E-state index contributed by atoms with van der Waals surface area (Å²) in [4.78, 5) is 43.6. The molecule has 0 radical (unpaired) electrons. The number of halogens is 1. The number of carbonyl (C=O) groups excluding carboxylic acids is 1. The van der Waals surface area contributed by atoms with Crippen molar-refractivity contribution in [3.8, 4) is 17.4 Å². The average Bonchev–Trinajstić information content (AvgIpc) is 3.68. The van der Waals surface area contributed by atoms with E-state index >= 15 is 0 Å². The lowest BCUT2D eigenvalue weighted by Crippen LogP contribution is -2.59. The van der Waals surface area contributed by atoms with Crippen molar-refractivity contribution in [2.45, 2.75) is 101 Å². The van der Waals surface area contributed by atoms with Gasteiger partial charge in [-0.15, -0.1) is 0 Å². The van der Waals surface area contributed by atoms with Gasteiger partial charge in [-0.25, -0.2) is 22.5 Å². The van der Waals surface area contributed by atoms with Crippen molar-refractivity contribution >= 4 is 44.2 Å². The van der Waals surface area contributed by atoms with Gasteiger partial charge in [0, 0.05) is 81.4 Å². The lowest BCUT2D eigenvalue weighted by molar-refractivity contribution is -0.384. The van der Waals surface area contributed by atoms with Gasteiger partial charge in [0.25, 0.3) is 21.8 Å². The Morgan fingerprint density at radius 1 is 1.04 bits per heavy atom. The Bertz CT molecular complexity index is 2830. The first kappa shape index (κ1) is 48.1. The summed E-state index contributed by atoms with van der Waals surface area (Å²) in [7, 11) is -1.14. The number of nitro groups is 1. The third kappa shape index (κ3) is 10.1. The maximum atomic E-state index is 14.8. The molecule has 4 aliphatic rings. The quantitative estimate of drug-likeness (QED) is 0.0612. The second-order valence-electron chi connectivity index (χ2n) is 20.2. The minimum atomic E-state index is -4.72. The van der Waals surface area contributed by atoms with E-state index in [2.05, 4.69) is 84.9 Å². The van der Waals surface area contributed by atoms with Gasteiger partial charge in [0.15, 0.2) is 5.75 Å². The Balaban J connectivity index is 0.930. The number of methoxy groups -OCH3 is 1. The number of aromatic nitrogens is 3. The van der Waals surface area contributed by atoms with E-state index < -0.39 is 42.9 Å². The molecule has 1 atom stereocenters. The van der Waals surface area contributed by atoms with Crippen LogP contribution in [0, 0.1) is 27.3 Å².